The van der Waals surface area contributed by atoms with E-state index in [-0.39, 0.29) is 0 Å². The van der Waals surface area contributed by atoms with Gasteiger partial charge < -0.3 is 4.74 Å². The van der Waals surface area contributed by atoms with E-state index in [1.54, 1.807) is 5.56 Å². The fraction of sp³-hybridized carbons (Fsp3) is 0.500. The number of fused-ring (bicyclic) bond motifs is 1. The van der Waals surface area contributed by atoms with Crippen molar-refractivity contribution in [2.24, 2.45) is 0 Å². The van der Waals surface area contributed by atoms with Crippen molar-refractivity contribution in [2.45, 2.75) is 44.4 Å². The van der Waals surface area contributed by atoms with E-state index in [9.17, 15) is 0 Å². The predicted octanol–water partition coefficient (Wildman–Crippen LogP) is 3.85. The predicted molar refractivity (Wildman–Crippen MR) is 83.5 cm³/mol. The molecule has 110 valence electrons. The average molecular weight is 282 g/mol. The normalized spacial score (nSPS) is 19.4. The molecule has 1 N–H and O–H groups in total. The summed E-state index contributed by atoms with van der Waals surface area (Å²) in [5.74, 6) is 0.565. The van der Waals surface area contributed by atoms with Crippen LogP contribution >= 0.6 is 0 Å². The Hall–Kier alpha value is -1.61. The highest BCUT2D eigenvalue weighted by atomic mass is 16.5. The van der Waals surface area contributed by atoms with Gasteiger partial charge in [0.2, 0.25) is 0 Å². The summed E-state index contributed by atoms with van der Waals surface area (Å²) < 4.78 is 5.50. The molecule has 2 heterocycles. The van der Waals surface area contributed by atoms with Gasteiger partial charge in [-0.15, -0.1) is 0 Å². The second-order valence-electron chi connectivity index (χ2n) is 6.23. The summed E-state index contributed by atoms with van der Waals surface area (Å²) in [6.45, 7) is 1.74. The molecule has 0 bridgehead atoms. The van der Waals surface area contributed by atoms with Crippen LogP contribution in [0.3, 0.4) is 0 Å². The maximum Gasteiger partial charge on any atom is 0.0568 e. The van der Waals surface area contributed by atoms with E-state index in [0.29, 0.717) is 5.92 Å². The topological polar surface area (TPSA) is 37.9 Å². The van der Waals surface area contributed by atoms with E-state index in [1.165, 1.54) is 48.1 Å². The van der Waals surface area contributed by atoms with Gasteiger partial charge in [-0.05, 0) is 55.2 Å². The molecule has 0 radical (unpaired) electrons. The van der Waals surface area contributed by atoms with Crippen molar-refractivity contribution < 1.29 is 4.74 Å². The Labute approximate surface area is 125 Å². The third kappa shape index (κ3) is 2.40. The first kappa shape index (κ1) is 13.1. The number of rotatable bonds is 2. The fourth-order valence-corrected chi connectivity index (χ4v) is 3.84. The van der Waals surface area contributed by atoms with Crippen molar-refractivity contribution in [1.29, 1.82) is 0 Å². The lowest BCUT2D eigenvalue weighted by Crippen LogP contribution is -2.15. The Bertz CT molecular complexity index is 626. The van der Waals surface area contributed by atoms with Gasteiger partial charge in [-0.3, -0.25) is 5.10 Å². The zero-order valence-corrected chi connectivity index (χ0v) is 12.4. The molecular formula is C18H22N2O. The number of benzene rings is 1. The van der Waals surface area contributed by atoms with Gasteiger partial charge in [0.05, 0.1) is 6.20 Å². The SMILES string of the molecule is c1cc2c(c(-c3cn[nH]c3C3CCOCC3)c1)CCCC2. The molecule has 1 aliphatic heterocycles. The number of aromatic nitrogens is 2. The van der Waals surface area contributed by atoms with Crippen LogP contribution < -0.4 is 0 Å². The van der Waals surface area contributed by atoms with Crippen molar-refractivity contribution in [3.05, 3.63) is 41.2 Å². The molecule has 2 aliphatic rings. The standard InChI is InChI=1S/C18H22N2O/c1-2-6-15-13(4-1)5-3-7-16(15)17-12-19-20-18(17)14-8-10-21-11-9-14/h3,5,7,12,14H,1-2,4,6,8-11H2,(H,19,20). The smallest absolute Gasteiger partial charge is 0.0568 e. The van der Waals surface area contributed by atoms with Crippen molar-refractivity contribution >= 4 is 0 Å². The Kier molecular flexibility index (Phi) is 3.52. The first-order valence-corrected chi connectivity index (χ1v) is 8.15. The molecule has 1 aromatic carbocycles. The monoisotopic (exact) mass is 282 g/mol. The quantitative estimate of drug-likeness (QED) is 0.908. The molecule has 0 spiro atoms. The first-order valence-electron chi connectivity index (χ1n) is 8.15. The van der Waals surface area contributed by atoms with Crippen molar-refractivity contribution in [3.63, 3.8) is 0 Å². The third-order valence-corrected chi connectivity index (χ3v) is 4.98. The molecule has 1 fully saturated rings. The molecule has 21 heavy (non-hydrogen) atoms. The van der Waals surface area contributed by atoms with Gasteiger partial charge in [0.25, 0.3) is 0 Å². The minimum atomic E-state index is 0.565. The minimum absolute atomic E-state index is 0.565. The largest absolute Gasteiger partial charge is 0.381 e. The summed E-state index contributed by atoms with van der Waals surface area (Å²) in [6, 6.07) is 6.78. The van der Waals surface area contributed by atoms with Crippen LogP contribution in [0.1, 0.15) is 48.4 Å². The number of ether oxygens (including phenoxy) is 1. The first-order chi connectivity index (χ1) is 10.4. The maximum absolute atomic E-state index is 5.50. The lowest BCUT2D eigenvalue weighted by molar-refractivity contribution is 0.0846. The summed E-state index contributed by atoms with van der Waals surface area (Å²) in [5, 5.41) is 7.63. The number of hydrogen-bond donors (Lipinski definition) is 1. The summed E-state index contributed by atoms with van der Waals surface area (Å²) in [5.41, 5.74) is 7.14. The highest BCUT2D eigenvalue weighted by Gasteiger charge is 2.23. The van der Waals surface area contributed by atoms with E-state index in [4.69, 9.17) is 4.74 Å². The maximum atomic E-state index is 5.50. The van der Waals surface area contributed by atoms with Crippen LogP contribution in [0.15, 0.2) is 24.4 Å². The average Bonchev–Trinajstić information content (AvgIpc) is 3.04. The van der Waals surface area contributed by atoms with Crippen molar-refractivity contribution in [1.82, 2.24) is 10.2 Å². The minimum Gasteiger partial charge on any atom is -0.381 e. The van der Waals surface area contributed by atoms with E-state index in [0.717, 1.165) is 26.1 Å². The lowest BCUT2D eigenvalue weighted by atomic mass is 9.84. The number of hydrogen-bond acceptors (Lipinski definition) is 2. The Balaban J connectivity index is 1.76. The summed E-state index contributed by atoms with van der Waals surface area (Å²) in [4.78, 5) is 0. The molecule has 0 atom stereocenters. The number of H-pyrrole nitrogens is 1. The van der Waals surface area contributed by atoms with Gasteiger partial charge in [-0.25, -0.2) is 0 Å². The van der Waals surface area contributed by atoms with E-state index >= 15 is 0 Å². The van der Waals surface area contributed by atoms with Gasteiger partial charge in [-0.1, -0.05) is 18.2 Å². The molecular weight excluding hydrogens is 260 g/mol. The second kappa shape index (κ2) is 5.64. The number of nitrogens with zero attached hydrogens (tertiary/aromatic N) is 1. The molecule has 0 amide bonds. The van der Waals surface area contributed by atoms with E-state index in [2.05, 4.69) is 28.4 Å². The zero-order chi connectivity index (χ0) is 14.1. The van der Waals surface area contributed by atoms with Crippen LogP contribution in [-0.2, 0) is 17.6 Å². The van der Waals surface area contributed by atoms with Crippen LogP contribution in [0.5, 0.6) is 0 Å². The Morgan fingerprint density at radius 3 is 2.81 bits per heavy atom. The lowest BCUT2D eigenvalue weighted by Gasteiger charge is -2.24. The highest BCUT2D eigenvalue weighted by molar-refractivity contribution is 5.71. The molecule has 2 aromatic rings. The van der Waals surface area contributed by atoms with Crippen LogP contribution in [0.2, 0.25) is 0 Å². The summed E-state index contributed by atoms with van der Waals surface area (Å²) in [7, 11) is 0. The second-order valence-corrected chi connectivity index (χ2v) is 6.23. The van der Waals surface area contributed by atoms with Crippen molar-refractivity contribution in [2.75, 3.05) is 13.2 Å². The van der Waals surface area contributed by atoms with Crippen LogP contribution in [0, 0.1) is 0 Å². The van der Waals surface area contributed by atoms with Gasteiger partial charge in [0, 0.05) is 30.4 Å². The van der Waals surface area contributed by atoms with Crippen LogP contribution in [-0.4, -0.2) is 23.4 Å². The van der Waals surface area contributed by atoms with Gasteiger partial charge >= 0.3 is 0 Å². The summed E-state index contributed by atoms with van der Waals surface area (Å²) in [6.07, 6.45) is 9.31. The van der Waals surface area contributed by atoms with E-state index in [1.807, 2.05) is 6.20 Å². The third-order valence-electron chi connectivity index (χ3n) is 4.98. The Morgan fingerprint density at radius 2 is 1.90 bits per heavy atom. The van der Waals surface area contributed by atoms with Gasteiger partial charge in [-0.2, -0.15) is 5.10 Å². The molecule has 0 unspecified atom stereocenters. The number of aryl methyl sites for hydroxylation is 1. The molecule has 1 saturated heterocycles. The molecule has 3 heteroatoms. The molecule has 1 aliphatic carbocycles. The summed E-state index contributed by atoms with van der Waals surface area (Å²) >= 11 is 0. The van der Waals surface area contributed by atoms with E-state index < -0.39 is 0 Å². The molecule has 4 rings (SSSR count). The van der Waals surface area contributed by atoms with Crippen LogP contribution in [0.25, 0.3) is 11.1 Å². The molecule has 3 nitrogen and oxygen atoms in total. The van der Waals surface area contributed by atoms with Gasteiger partial charge in [0.15, 0.2) is 0 Å². The Morgan fingerprint density at radius 1 is 1.05 bits per heavy atom. The zero-order valence-electron chi connectivity index (χ0n) is 12.4. The van der Waals surface area contributed by atoms with Gasteiger partial charge in [0.1, 0.15) is 0 Å². The number of aromatic amines is 1. The fourth-order valence-electron chi connectivity index (χ4n) is 3.84. The molecule has 0 saturated carbocycles. The molecule has 1 aromatic heterocycles. The highest BCUT2D eigenvalue weighted by Crippen LogP contribution is 2.37. The van der Waals surface area contributed by atoms with Crippen molar-refractivity contribution in [3.8, 4) is 11.1 Å². The number of nitrogens with one attached hydrogen (secondary N) is 1. The van der Waals surface area contributed by atoms with Crippen LogP contribution in [0.4, 0.5) is 0 Å².